The molecule has 11 nitrogen and oxygen atoms in total. The normalized spacial score (nSPS) is 12.4. The third-order valence-corrected chi connectivity index (χ3v) is 4.91. The van der Waals surface area contributed by atoms with Crippen molar-refractivity contribution in [1.29, 1.82) is 0 Å². The number of aromatic amines is 2. The molecule has 0 aliphatic carbocycles. The molecule has 1 atom stereocenters. The summed E-state index contributed by atoms with van der Waals surface area (Å²) >= 11 is 0. The monoisotopic (exact) mass is 417 g/mol. The molecule has 5 heterocycles. The van der Waals surface area contributed by atoms with Crippen LogP contribution < -0.4 is 15.6 Å². The van der Waals surface area contributed by atoms with Crippen molar-refractivity contribution in [2.45, 2.75) is 13.0 Å². The number of nitrogens with one attached hydrogen (secondary N) is 3. The minimum Gasteiger partial charge on any atom is -0.495 e. The fourth-order valence-electron chi connectivity index (χ4n) is 3.47. The Hall–Kier alpha value is -4.28. The predicted octanol–water partition coefficient (Wildman–Crippen LogP) is 2.17. The van der Waals surface area contributed by atoms with Crippen LogP contribution in [-0.2, 0) is 7.05 Å². The molecule has 0 aromatic carbocycles. The lowest BCUT2D eigenvalue weighted by atomic mass is 10.1. The second-order valence-corrected chi connectivity index (χ2v) is 7.07. The molecular formula is C20H19N9O2. The summed E-state index contributed by atoms with van der Waals surface area (Å²) < 4.78 is 6.87. The van der Waals surface area contributed by atoms with Crippen LogP contribution in [0.5, 0.6) is 5.75 Å². The van der Waals surface area contributed by atoms with Crippen molar-refractivity contribution in [3.63, 3.8) is 0 Å². The minimum atomic E-state index is -0.310. The van der Waals surface area contributed by atoms with Crippen LogP contribution in [-0.4, -0.2) is 46.8 Å². The smallest absolute Gasteiger partial charge is 0.261 e. The molecule has 5 aromatic heterocycles. The highest BCUT2D eigenvalue weighted by Crippen LogP contribution is 2.32. The van der Waals surface area contributed by atoms with E-state index in [4.69, 9.17) is 4.74 Å². The van der Waals surface area contributed by atoms with Crippen LogP contribution in [0.15, 0.2) is 41.7 Å². The van der Waals surface area contributed by atoms with Gasteiger partial charge in [-0.05, 0) is 13.0 Å². The van der Waals surface area contributed by atoms with Gasteiger partial charge >= 0.3 is 0 Å². The van der Waals surface area contributed by atoms with E-state index in [0.717, 1.165) is 0 Å². The van der Waals surface area contributed by atoms with Crippen LogP contribution in [0, 0.1) is 0 Å². The number of hydrogen-bond donors (Lipinski definition) is 3. The first-order valence-electron chi connectivity index (χ1n) is 9.56. The van der Waals surface area contributed by atoms with E-state index in [1.165, 1.54) is 0 Å². The molecule has 3 N–H and O–H groups in total. The highest BCUT2D eigenvalue weighted by Gasteiger charge is 2.22. The first-order valence-corrected chi connectivity index (χ1v) is 9.56. The molecule has 0 spiro atoms. The van der Waals surface area contributed by atoms with E-state index < -0.39 is 0 Å². The second-order valence-electron chi connectivity index (χ2n) is 7.07. The van der Waals surface area contributed by atoms with Crippen molar-refractivity contribution in [2.75, 3.05) is 12.4 Å². The first-order chi connectivity index (χ1) is 15.0. The van der Waals surface area contributed by atoms with E-state index in [1.54, 1.807) is 55.8 Å². The first kappa shape index (κ1) is 18.7. The van der Waals surface area contributed by atoms with Crippen molar-refractivity contribution in [1.82, 2.24) is 39.7 Å². The molecule has 11 heteroatoms. The van der Waals surface area contributed by atoms with Gasteiger partial charge in [-0.15, -0.1) is 0 Å². The van der Waals surface area contributed by atoms with Gasteiger partial charge in [0.25, 0.3) is 5.56 Å². The Morgan fingerprint density at radius 1 is 1.16 bits per heavy atom. The molecule has 0 aliphatic heterocycles. The topological polar surface area (TPSA) is 139 Å². The summed E-state index contributed by atoms with van der Waals surface area (Å²) in [6.07, 6.45) is 6.68. The van der Waals surface area contributed by atoms with E-state index in [-0.39, 0.29) is 11.6 Å². The zero-order valence-electron chi connectivity index (χ0n) is 17.0. The molecule has 0 unspecified atom stereocenters. The third kappa shape index (κ3) is 3.25. The minimum absolute atomic E-state index is 0.283. The van der Waals surface area contributed by atoms with Gasteiger partial charge in [-0.1, -0.05) is 0 Å². The van der Waals surface area contributed by atoms with Gasteiger partial charge in [0.2, 0.25) is 0 Å². The van der Waals surface area contributed by atoms with Gasteiger partial charge in [-0.25, -0.2) is 19.9 Å². The molecular weight excluding hydrogens is 398 g/mol. The number of rotatable bonds is 5. The van der Waals surface area contributed by atoms with Crippen LogP contribution in [0.1, 0.15) is 18.8 Å². The Labute approximate surface area is 175 Å². The number of anilines is 1. The Morgan fingerprint density at radius 3 is 2.74 bits per heavy atom. The van der Waals surface area contributed by atoms with Gasteiger partial charge in [-0.3, -0.25) is 9.48 Å². The summed E-state index contributed by atoms with van der Waals surface area (Å²) in [6, 6.07) is 3.25. The molecule has 0 saturated carbocycles. The summed E-state index contributed by atoms with van der Waals surface area (Å²) in [5, 5.41) is 7.90. The summed E-state index contributed by atoms with van der Waals surface area (Å²) in [5.41, 5.74) is 2.88. The maximum atomic E-state index is 13.1. The number of nitrogens with zero attached hydrogens (tertiary/aromatic N) is 6. The average molecular weight is 417 g/mol. The van der Waals surface area contributed by atoms with E-state index in [1.807, 2.05) is 6.92 Å². The highest BCUT2D eigenvalue weighted by molar-refractivity contribution is 5.96. The molecule has 0 saturated heterocycles. The van der Waals surface area contributed by atoms with E-state index in [2.05, 4.69) is 40.3 Å². The van der Waals surface area contributed by atoms with Gasteiger partial charge in [-0.2, -0.15) is 5.10 Å². The standard InChI is InChI=1S/C20H19N9O2/c1-10(17-21-5-4-6-22-17)24-16-14(20(30)26-13-9-29(2)28-15(13)16)19-25-12-7-11(31-3)8-23-18(12)27-19/h4-10,24H,1-3H3,(H,26,30)(H,23,25,27)/t10-/m0/s1. The SMILES string of the molecule is COc1cnc2nc(-c3c(N[C@@H](C)c4ncccn4)c4nn(C)cc4[nH]c3=O)[nH]c2c1. The molecule has 156 valence electrons. The van der Waals surface area contributed by atoms with Gasteiger partial charge < -0.3 is 20.0 Å². The number of methoxy groups -OCH3 is 1. The molecule has 0 bridgehead atoms. The van der Waals surface area contributed by atoms with Crippen molar-refractivity contribution in [3.8, 4) is 17.1 Å². The largest absolute Gasteiger partial charge is 0.495 e. The van der Waals surface area contributed by atoms with Crippen molar-refractivity contribution in [2.24, 2.45) is 7.05 Å². The van der Waals surface area contributed by atoms with Crippen LogP contribution >= 0.6 is 0 Å². The Bertz CT molecular complexity index is 1450. The molecule has 31 heavy (non-hydrogen) atoms. The fourth-order valence-corrected chi connectivity index (χ4v) is 3.47. The molecule has 0 aliphatic rings. The lowest BCUT2D eigenvalue weighted by molar-refractivity contribution is 0.413. The number of ether oxygens (including phenoxy) is 1. The summed E-state index contributed by atoms with van der Waals surface area (Å²) in [4.78, 5) is 36.6. The van der Waals surface area contributed by atoms with Crippen molar-refractivity contribution < 1.29 is 4.74 Å². The Morgan fingerprint density at radius 2 is 1.97 bits per heavy atom. The third-order valence-electron chi connectivity index (χ3n) is 4.91. The van der Waals surface area contributed by atoms with Gasteiger partial charge in [0.1, 0.15) is 28.5 Å². The molecule has 0 radical (unpaired) electrons. The zero-order valence-corrected chi connectivity index (χ0v) is 17.0. The number of fused-ring (bicyclic) bond motifs is 2. The zero-order chi connectivity index (χ0) is 21.5. The Balaban J connectivity index is 1.71. The number of aryl methyl sites for hydroxylation is 1. The quantitative estimate of drug-likeness (QED) is 0.395. The second kappa shape index (κ2) is 7.20. The maximum Gasteiger partial charge on any atom is 0.261 e. The highest BCUT2D eigenvalue weighted by atomic mass is 16.5. The van der Waals surface area contributed by atoms with E-state index in [0.29, 0.717) is 50.8 Å². The Kier molecular flexibility index (Phi) is 4.35. The number of aromatic nitrogens is 8. The van der Waals surface area contributed by atoms with E-state index >= 15 is 0 Å². The van der Waals surface area contributed by atoms with Gasteiger partial charge in [0.15, 0.2) is 5.65 Å². The predicted molar refractivity (Wildman–Crippen MR) is 115 cm³/mol. The number of hydrogen-bond acceptors (Lipinski definition) is 8. The average Bonchev–Trinajstić information content (AvgIpc) is 3.35. The lowest BCUT2D eigenvalue weighted by Gasteiger charge is -2.16. The summed E-state index contributed by atoms with van der Waals surface area (Å²) in [5.74, 6) is 1.55. The van der Waals surface area contributed by atoms with Gasteiger partial charge in [0, 0.05) is 31.7 Å². The van der Waals surface area contributed by atoms with Crippen LogP contribution in [0.4, 0.5) is 5.69 Å². The van der Waals surface area contributed by atoms with Gasteiger partial charge in [0.05, 0.1) is 36.1 Å². The number of imidazole rings is 1. The summed E-state index contributed by atoms with van der Waals surface area (Å²) in [7, 11) is 3.36. The van der Waals surface area contributed by atoms with Crippen molar-refractivity contribution in [3.05, 3.63) is 53.1 Å². The fraction of sp³-hybridized carbons (Fsp3) is 0.200. The summed E-state index contributed by atoms with van der Waals surface area (Å²) in [6.45, 7) is 1.92. The van der Waals surface area contributed by atoms with E-state index in [9.17, 15) is 4.79 Å². The van der Waals surface area contributed by atoms with Crippen LogP contribution in [0.25, 0.3) is 33.6 Å². The number of H-pyrrole nitrogens is 2. The van der Waals surface area contributed by atoms with Crippen LogP contribution in [0.2, 0.25) is 0 Å². The molecule has 0 fully saturated rings. The molecule has 0 amide bonds. The lowest BCUT2D eigenvalue weighted by Crippen LogP contribution is -2.17. The van der Waals surface area contributed by atoms with Crippen LogP contribution in [0.3, 0.4) is 0 Å². The maximum absolute atomic E-state index is 13.1. The number of pyridine rings is 2. The van der Waals surface area contributed by atoms with Crippen molar-refractivity contribution >= 4 is 27.9 Å². The molecule has 5 aromatic rings. The molecule has 5 rings (SSSR count).